The quantitative estimate of drug-likeness (QED) is 0.832. The minimum absolute atomic E-state index is 0.563. The normalized spacial score (nSPS) is 11.5. The van der Waals surface area contributed by atoms with E-state index in [0.717, 1.165) is 0 Å². The molecule has 2 nitrogen and oxygen atoms in total. The highest BCUT2D eigenvalue weighted by Gasteiger charge is 2.34. The summed E-state index contributed by atoms with van der Waals surface area (Å²) in [6.45, 7) is -1.64. The number of benzene rings is 2. The number of nitrogen functional groups attached to an aromatic ring is 2. The molecule has 0 saturated heterocycles. The molecule has 0 atom stereocenters. The van der Waals surface area contributed by atoms with Gasteiger partial charge in [0.2, 0.25) is 0 Å². The standard InChI is InChI=1S/C15H16F2N2/c16-9-15(10-17,11-1-5-13(18)6-2-11)12-3-7-14(19)8-4-12/h1-8H,9-10,18-19H2. The number of alkyl halides is 2. The smallest absolute Gasteiger partial charge is 0.106 e. The van der Waals surface area contributed by atoms with Crippen molar-refractivity contribution in [3.8, 4) is 0 Å². The van der Waals surface area contributed by atoms with Gasteiger partial charge >= 0.3 is 0 Å². The van der Waals surface area contributed by atoms with E-state index in [1.807, 2.05) is 0 Å². The number of anilines is 2. The van der Waals surface area contributed by atoms with Crippen molar-refractivity contribution in [3.05, 3.63) is 59.7 Å². The molecule has 0 fully saturated rings. The fourth-order valence-corrected chi connectivity index (χ4v) is 2.12. The zero-order chi connectivity index (χ0) is 13.9. The predicted molar refractivity (Wildman–Crippen MR) is 74.4 cm³/mol. The van der Waals surface area contributed by atoms with E-state index >= 15 is 0 Å². The maximum Gasteiger partial charge on any atom is 0.106 e. The molecule has 0 aliphatic carbocycles. The molecule has 0 unspecified atom stereocenters. The van der Waals surface area contributed by atoms with Crippen LogP contribution in [0.15, 0.2) is 48.5 Å². The topological polar surface area (TPSA) is 52.0 Å². The van der Waals surface area contributed by atoms with E-state index in [9.17, 15) is 8.78 Å². The van der Waals surface area contributed by atoms with Crippen LogP contribution in [0.5, 0.6) is 0 Å². The molecule has 0 radical (unpaired) electrons. The third kappa shape index (κ3) is 2.38. The van der Waals surface area contributed by atoms with E-state index in [2.05, 4.69) is 0 Å². The highest BCUT2D eigenvalue weighted by Crippen LogP contribution is 2.34. The molecule has 0 aliphatic rings. The molecule has 0 saturated carbocycles. The SMILES string of the molecule is Nc1ccc(C(CF)(CF)c2ccc(N)cc2)cc1. The minimum atomic E-state index is -1.29. The first-order valence-corrected chi connectivity index (χ1v) is 5.96. The van der Waals surface area contributed by atoms with Crippen LogP contribution in [-0.2, 0) is 5.41 Å². The first kappa shape index (κ1) is 13.3. The van der Waals surface area contributed by atoms with Crippen LogP contribution in [0.1, 0.15) is 11.1 Å². The fourth-order valence-electron chi connectivity index (χ4n) is 2.12. The Hall–Kier alpha value is -2.10. The van der Waals surface area contributed by atoms with E-state index in [0.29, 0.717) is 22.5 Å². The van der Waals surface area contributed by atoms with Crippen molar-refractivity contribution in [1.82, 2.24) is 0 Å². The predicted octanol–water partition coefficient (Wildman–Crippen LogP) is 3.08. The van der Waals surface area contributed by atoms with Gasteiger partial charge in [0.15, 0.2) is 0 Å². The van der Waals surface area contributed by atoms with Crippen LogP contribution < -0.4 is 11.5 Å². The Morgan fingerprint density at radius 1 is 0.684 bits per heavy atom. The third-order valence-electron chi connectivity index (χ3n) is 3.38. The highest BCUT2D eigenvalue weighted by atomic mass is 19.1. The lowest BCUT2D eigenvalue weighted by Gasteiger charge is -2.29. The Morgan fingerprint density at radius 2 is 1.00 bits per heavy atom. The number of rotatable bonds is 4. The molecule has 0 amide bonds. The van der Waals surface area contributed by atoms with Crippen LogP contribution in [0, 0.1) is 0 Å². The van der Waals surface area contributed by atoms with Crippen molar-refractivity contribution in [1.29, 1.82) is 0 Å². The van der Waals surface area contributed by atoms with Crippen LogP contribution in [0.4, 0.5) is 20.2 Å². The number of halogens is 2. The summed E-state index contributed by atoms with van der Waals surface area (Å²) in [6, 6.07) is 13.2. The molecule has 100 valence electrons. The van der Waals surface area contributed by atoms with E-state index in [4.69, 9.17) is 11.5 Å². The monoisotopic (exact) mass is 262 g/mol. The average Bonchev–Trinajstić information content (AvgIpc) is 2.44. The number of hydrogen-bond donors (Lipinski definition) is 2. The minimum Gasteiger partial charge on any atom is -0.399 e. The Balaban J connectivity index is 2.53. The van der Waals surface area contributed by atoms with Gasteiger partial charge in [-0.15, -0.1) is 0 Å². The van der Waals surface area contributed by atoms with Gasteiger partial charge in [-0.25, -0.2) is 8.78 Å². The largest absolute Gasteiger partial charge is 0.399 e. The van der Waals surface area contributed by atoms with Crippen molar-refractivity contribution in [2.24, 2.45) is 0 Å². The van der Waals surface area contributed by atoms with Gasteiger partial charge in [-0.2, -0.15) is 0 Å². The van der Waals surface area contributed by atoms with Gasteiger partial charge in [0.1, 0.15) is 13.3 Å². The third-order valence-corrected chi connectivity index (χ3v) is 3.38. The van der Waals surface area contributed by atoms with Gasteiger partial charge in [-0.1, -0.05) is 24.3 Å². The maximum absolute atomic E-state index is 13.6. The second kappa shape index (κ2) is 5.26. The molecule has 0 heterocycles. The molecule has 2 rings (SSSR count). The molecular weight excluding hydrogens is 246 g/mol. The van der Waals surface area contributed by atoms with Crippen molar-refractivity contribution >= 4 is 11.4 Å². The number of hydrogen-bond acceptors (Lipinski definition) is 2. The molecule has 0 spiro atoms. The highest BCUT2D eigenvalue weighted by molar-refractivity contribution is 5.49. The Bertz CT molecular complexity index is 484. The summed E-state index contributed by atoms with van der Waals surface area (Å²) < 4.78 is 27.2. The molecule has 0 bridgehead atoms. The lowest BCUT2D eigenvalue weighted by molar-refractivity contribution is 0.279. The van der Waals surface area contributed by atoms with E-state index < -0.39 is 18.8 Å². The van der Waals surface area contributed by atoms with Crippen LogP contribution in [-0.4, -0.2) is 13.3 Å². The zero-order valence-corrected chi connectivity index (χ0v) is 10.4. The van der Waals surface area contributed by atoms with Gasteiger partial charge in [-0.05, 0) is 35.4 Å². The summed E-state index contributed by atoms with van der Waals surface area (Å²) in [5.74, 6) is 0. The molecule has 0 aromatic heterocycles. The van der Waals surface area contributed by atoms with E-state index in [1.54, 1.807) is 48.5 Å². The second-order valence-corrected chi connectivity index (χ2v) is 4.59. The van der Waals surface area contributed by atoms with Gasteiger partial charge in [0.05, 0.1) is 5.41 Å². The summed E-state index contributed by atoms with van der Waals surface area (Å²) in [4.78, 5) is 0. The van der Waals surface area contributed by atoms with Crippen molar-refractivity contribution in [2.45, 2.75) is 5.41 Å². The van der Waals surface area contributed by atoms with E-state index in [1.165, 1.54) is 0 Å². The maximum atomic E-state index is 13.6. The van der Waals surface area contributed by atoms with Crippen LogP contribution in [0.2, 0.25) is 0 Å². The van der Waals surface area contributed by atoms with Gasteiger partial charge < -0.3 is 11.5 Å². The van der Waals surface area contributed by atoms with Gasteiger partial charge in [0.25, 0.3) is 0 Å². The zero-order valence-electron chi connectivity index (χ0n) is 10.4. The molecule has 2 aromatic carbocycles. The summed E-state index contributed by atoms with van der Waals surface area (Å²) in [5, 5.41) is 0. The molecule has 0 aliphatic heterocycles. The second-order valence-electron chi connectivity index (χ2n) is 4.59. The molecule has 19 heavy (non-hydrogen) atoms. The lowest BCUT2D eigenvalue weighted by Crippen LogP contribution is -2.32. The van der Waals surface area contributed by atoms with Gasteiger partial charge in [0, 0.05) is 11.4 Å². The summed E-state index contributed by atoms with van der Waals surface area (Å²) >= 11 is 0. The molecule has 4 N–H and O–H groups in total. The van der Waals surface area contributed by atoms with E-state index in [-0.39, 0.29) is 0 Å². The Labute approximate surface area is 111 Å². The van der Waals surface area contributed by atoms with Crippen molar-refractivity contribution in [2.75, 3.05) is 24.8 Å². The first-order valence-electron chi connectivity index (χ1n) is 5.96. The Kier molecular flexibility index (Phi) is 3.69. The number of nitrogens with two attached hydrogens (primary N) is 2. The fraction of sp³-hybridized carbons (Fsp3) is 0.200. The molecule has 2 aromatic rings. The van der Waals surface area contributed by atoms with Crippen molar-refractivity contribution in [3.63, 3.8) is 0 Å². The Morgan fingerprint density at radius 3 is 1.26 bits per heavy atom. The average molecular weight is 262 g/mol. The van der Waals surface area contributed by atoms with Crippen LogP contribution in [0.3, 0.4) is 0 Å². The molecule has 4 heteroatoms. The van der Waals surface area contributed by atoms with Gasteiger partial charge in [-0.3, -0.25) is 0 Å². The summed E-state index contributed by atoms with van der Waals surface area (Å²) in [6.07, 6.45) is 0. The summed E-state index contributed by atoms with van der Waals surface area (Å²) in [5.41, 5.74) is 12.2. The first-order chi connectivity index (χ1) is 9.12. The van der Waals surface area contributed by atoms with Crippen LogP contribution in [0.25, 0.3) is 0 Å². The molecular formula is C15H16F2N2. The van der Waals surface area contributed by atoms with Crippen LogP contribution >= 0.6 is 0 Å². The summed E-state index contributed by atoms with van der Waals surface area (Å²) in [7, 11) is 0. The van der Waals surface area contributed by atoms with Crippen molar-refractivity contribution < 1.29 is 8.78 Å². The lowest BCUT2D eigenvalue weighted by atomic mass is 9.76.